The van der Waals surface area contributed by atoms with E-state index in [-0.39, 0.29) is 17.7 Å². The highest BCUT2D eigenvalue weighted by Crippen LogP contribution is 2.41. The van der Waals surface area contributed by atoms with Crippen LogP contribution in [0.15, 0.2) is 0 Å². The molecular weight excluding hydrogens is 178 g/mol. The molecule has 3 atom stereocenters. The van der Waals surface area contributed by atoms with E-state index in [1.54, 1.807) is 13.8 Å². The van der Waals surface area contributed by atoms with Gasteiger partial charge < -0.3 is 4.90 Å². The van der Waals surface area contributed by atoms with Crippen molar-refractivity contribution >= 4 is 11.7 Å². The zero-order valence-corrected chi connectivity index (χ0v) is 8.82. The van der Waals surface area contributed by atoms with E-state index in [0.29, 0.717) is 12.0 Å². The summed E-state index contributed by atoms with van der Waals surface area (Å²) in [5.74, 6) is 0.807. The third kappa shape index (κ3) is 1.35. The molecule has 1 aliphatic heterocycles. The highest BCUT2D eigenvalue weighted by Gasteiger charge is 2.46. The predicted octanol–water partition coefficient (Wildman–Crippen LogP) is 1.36. The molecule has 0 bridgehead atoms. The van der Waals surface area contributed by atoms with E-state index in [9.17, 15) is 9.59 Å². The topological polar surface area (TPSA) is 37.4 Å². The summed E-state index contributed by atoms with van der Waals surface area (Å²) in [5, 5.41) is 0. The van der Waals surface area contributed by atoms with Crippen LogP contribution < -0.4 is 0 Å². The first-order valence-corrected chi connectivity index (χ1v) is 5.40. The second-order valence-electron chi connectivity index (χ2n) is 4.55. The molecular formula is C11H17NO2. The molecule has 1 saturated carbocycles. The standard InChI is InChI=1S/C11H17NO2/c1-7(13)11-6-9-4-3-5-10(9)12(11)8(2)14/h9-11H,3-6H2,1-2H3/t9?,10?,11-/m0/s1. The molecule has 0 aromatic heterocycles. The summed E-state index contributed by atoms with van der Waals surface area (Å²) < 4.78 is 0. The molecule has 1 aliphatic carbocycles. The second kappa shape index (κ2) is 3.37. The molecule has 0 spiro atoms. The molecule has 3 heteroatoms. The van der Waals surface area contributed by atoms with Crippen molar-refractivity contribution in [1.82, 2.24) is 4.90 Å². The van der Waals surface area contributed by atoms with Gasteiger partial charge in [0.1, 0.15) is 0 Å². The van der Waals surface area contributed by atoms with Gasteiger partial charge in [0.2, 0.25) is 5.91 Å². The Balaban J connectivity index is 2.21. The molecule has 2 unspecified atom stereocenters. The Labute approximate surface area is 84.5 Å². The van der Waals surface area contributed by atoms with Gasteiger partial charge in [-0.05, 0) is 32.1 Å². The number of nitrogens with zero attached hydrogens (tertiary/aromatic N) is 1. The maximum absolute atomic E-state index is 11.5. The van der Waals surface area contributed by atoms with E-state index in [0.717, 1.165) is 12.8 Å². The summed E-state index contributed by atoms with van der Waals surface area (Å²) >= 11 is 0. The molecule has 3 nitrogen and oxygen atoms in total. The van der Waals surface area contributed by atoms with Crippen LogP contribution >= 0.6 is 0 Å². The normalized spacial score (nSPS) is 35.9. The Hall–Kier alpha value is -0.860. The number of fused-ring (bicyclic) bond motifs is 1. The lowest BCUT2D eigenvalue weighted by molar-refractivity contribution is -0.137. The van der Waals surface area contributed by atoms with Crippen LogP contribution in [0.4, 0.5) is 0 Å². The van der Waals surface area contributed by atoms with E-state index in [2.05, 4.69) is 0 Å². The van der Waals surface area contributed by atoms with E-state index < -0.39 is 0 Å². The monoisotopic (exact) mass is 195 g/mol. The third-order valence-corrected chi connectivity index (χ3v) is 3.67. The fraction of sp³-hybridized carbons (Fsp3) is 0.818. The average Bonchev–Trinajstić information content (AvgIpc) is 2.58. The van der Waals surface area contributed by atoms with Crippen molar-refractivity contribution in [3.8, 4) is 0 Å². The summed E-state index contributed by atoms with van der Waals surface area (Å²) in [5.41, 5.74) is 0. The molecule has 0 aromatic rings. The number of carbonyl (C=O) groups excluding carboxylic acids is 2. The largest absolute Gasteiger partial charge is 0.330 e. The molecule has 1 saturated heterocycles. The summed E-state index contributed by atoms with van der Waals surface area (Å²) in [6, 6.07) is 0.240. The molecule has 14 heavy (non-hydrogen) atoms. The van der Waals surface area contributed by atoms with Gasteiger partial charge in [-0.2, -0.15) is 0 Å². The van der Waals surface area contributed by atoms with Gasteiger partial charge in [0, 0.05) is 13.0 Å². The van der Waals surface area contributed by atoms with Crippen molar-refractivity contribution in [2.75, 3.05) is 0 Å². The molecule has 0 N–H and O–H groups in total. The second-order valence-corrected chi connectivity index (χ2v) is 4.55. The summed E-state index contributed by atoms with van der Waals surface area (Å²) in [7, 11) is 0. The minimum Gasteiger partial charge on any atom is -0.330 e. The van der Waals surface area contributed by atoms with Crippen molar-refractivity contribution in [2.45, 2.75) is 51.6 Å². The van der Waals surface area contributed by atoms with Gasteiger partial charge in [-0.15, -0.1) is 0 Å². The van der Waals surface area contributed by atoms with Crippen molar-refractivity contribution in [2.24, 2.45) is 5.92 Å². The van der Waals surface area contributed by atoms with E-state index in [1.165, 1.54) is 12.8 Å². The van der Waals surface area contributed by atoms with Crippen LogP contribution in [-0.4, -0.2) is 28.7 Å². The van der Waals surface area contributed by atoms with Crippen LogP contribution in [0.25, 0.3) is 0 Å². The maximum Gasteiger partial charge on any atom is 0.220 e. The number of rotatable bonds is 1. The maximum atomic E-state index is 11.5. The Bertz CT molecular complexity index is 274. The Morgan fingerprint density at radius 3 is 2.50 bits per heavy atom. The third-order valence-electron chi connectivity index (χ3n) is 3.67. The minimum atomic E-state index is -0.122. The average molecular weight is 195 g/mol. The van der Waals surface area contributed by atoms with E-state index in [4.69, 9.17) is 0 Å². The zero-order valence-electron chi connectivity index (χ0n) is 8.82. The lowest BCUT2D eigenvalue weighted by Gasteiger charge is -2.27. The Kier molecular flexibility index (Phi) is 2.33. The van der Waals surface area contributed by atoms with Gasteiger partial charge in [-0.25, -0.2) is 0 Å². The predicted molar refractivity (Wildman–Crippen MR) is 52.7 cm³/mol. The van der Waals surface area contributed by atoms with E-state index >= 15 is 0 Å². The molecule has 1 heterocycles. The molecule has 2 fully saturated rings. The SMILES string of the molecule is CC(=O)[C@@H]1CC2CCCC2N1C(C)=O. The van der Waals surface area contributed by atoms with Crippen molar-refractivity contribution in [1.29, 1.82) is 0 Å². The summed E-state index contributed by atoms with van der Waals surface area (Å²) in [6.07, 6.45) is 4.40. The Morgan fingerprint density at radius 2 is 1.93 bits per heavy atom. The fourth-order valence-electron chi connectivity index (χ4n) is 3.10. The van der Waals surface area contributed by atoms with Gasteiger partial charge >= 0.3 is 0 Å². The summed E-state index contributed by atoms with van der Waals surface area (Å²) in [4.78, 5) is 24.7. The molecule has 78 valence electrons. The number of carbonyl (C=O) groups is 2. The first kappa shape index (κ1) is 9.69. The van der Waals surface area contributed by atoms with E-state index in [1.807, 2.05) is 4.90 Å². The first-order valence-electron chi connectivity index (χ1n) is 5.40. The number of Topliss-reactive ketones (excluding diaryl/α,β-unsaturated/α-hetero) is 1. The summed E-state index contributed by atoms with van der Waals surface area (Å²) in [6.45, 7) is 3.18. The number of ketones is 1. The van der Waals surface area contributed by atoms with Gasteiger partial charge in [0.25, 0.3) is 0 Å². The van der Waals surface area contributed by atoms with Gasteiger partial charge in [0.15, 0.2) is 5.78 Å². The number of hydrogen-bond acceptors (Lipinski definition) is 2. The molecule has 2 aliphatic rings. The lowest BCUT2D eigenvalue weighted by Crippen LogP contribution is -2.42. The van der Waals surface area contributed by atoms with Crippen molar-refractivity contribution < 1.29 is 9.59 Å². The first-order chi connectivity index (χ1) is 6.61. The molecule has 1 amide bonds. The van der Waals surface area contributed by atoms with Crippen LogP contribution in [0.3, 0.4) is 0 Å². The smallest absolute Gasteiger partial charge is 0.220 e. The van der Waals surface area contributed by atoms with Crippen LogP contribution in [0.2, 0.25) is 0 Å². The number of amides is 1. The molecule has 0 aromatic carbocycles. The highest BCUT2D eigenvalue weighted by molar-refractivity contribution is 5.87. The Morgan fingerprint density at radius 1 is 1.21 bits per heavy atom. The minimum absolute atomic E-state index is 0.0691. The lowest BCUT2D eigenvalue weighted by atomic mass is 10.0. The number of likely N-dealkylation sites (tertiary alicyclic amines) is 1. The van der Waals surface area contributed by atoms with Crippen LogP contribution in [0.5, 0.6) is 0 Å². The van der Waals surface area contributed by atoms with Gasteiger partial charge in [-0.3, -0.25) is 9.59 Å². The van der Waals surface area contributed by atoms with Crippen molar-refractivity contribution in [3.63, 3.8) is 0 Å². The van der Waals surface area contributed by atoms with Crippen LogP contribution in [0.1, 0.15) is 39.5 Å². The zero-order chi connectivity index (χ0) is 10.3. The van der Waals surface area contributed by atoms with Crippen LogP contribution in [0, 0.1) is 5.92 Å². The van der Waals surface area contributed by atoms with Crippen LogP contribution in [-0.2, 0) is 9.59 Å². The van der Waals surface area contributed by atoms with Gasteiger partial charge in [0.05, 0.1) is 6.04 Å². The molecule has 0 radical (unpaired) electrons. The number of hydrogen-bond donors (Lipinski definition) is 0. The quantitative estimate of drug-likeness (QED) is 0.633. The fourth-order valence-corrected chi connectivity index (χ4v) is 3.10. The van der Waals surface area contributed by atoms with Gasteiger partial charge in [-0.1, -0.05) is 6.42 Å². The molecule has 2 rings (SSSR count). The highest BCUT2D eigenvalue weighted by atomic mass is 16.2. The van der Waals surface area contributed by atoms with Crippen molar-refractivity contribution in [3.05, 3.63) is 0 Å².